The molecule has 0 atom stereocenters. The molecule has 1 saturated heterocycles. The van der Waals surface area contributed by atoms with Crippen LogP contribution in [0.2, 0.25) is 0 Å². The molecule has 1 aliphatic heterocycles. The van der Waals surface area contributed by atoms with Gasteiger partial charge in [0.25, 0.3) is 5.56 Å². The number of carbonyl (C=O) groups excluding carboxylic acids is 1. The Kier molecular flexibility index (Phi) is 7.41. The van der Waals surface area contributed by atoms with Gasteiger partial charge in [-0.15, -0.1) is 0 Å². The predicted molar refractivity (Wildman–Crippen MR) is 145 cm³/mol. The van der Waals surface area contributed by atoms with Crippen molar-refractivity contribution in [2.75, 3.05) is 13.1 Å². The molecular weight excluding hydrogens is 506 g/mol. The van der Waals surface area contributed by atoms with Gasteiger partial charge in [0, 0.05) is 30.9 Å². The third-order valence-electron chi connectivity index (χ3n) is 6.62. The summed E-state index contributed by atoms with van der Waals surface area (Å²) in [5.41, 5.74) is 0.641. The molecular formula is C27H30BFN4O4S. The summed E-state index contributed by atoms with van der Waals surface area (Å²) in [6, 6.07) is 10.2. The Morgan fingerprint density at radius 1 is 1.21 bits per heavy atom. The van der Waals surface area contributed by atoms with E-state index in [2.05, 4.69) is 10.2 Å². The fourth-order valence-corrected chi connectivity index (χ4v) is 5.41. The lowest BCUT2D eigenvalue weighted by molar-refractivity contribution is 0.0253. The molecule has 5 rings (SSSR count). The molecule has 1 aliphatic carbocycles. The molecule has 0 bridgehead atoms. The van der Waals surface area contributed by atoms with Crippen molar-refractivity contribution < 1.29 is 18.7 Å². The van der Waals surface area contributed by atoms with Gasteiger partial charge in [-0.3, -0.25) is 4.79 Å². The topological polar surface area (TPSA) is 87.8 Å². The Morgan fingerprint density at radius 2 is 1.97 bits per heavy atom. The van der Waals surface area contributed by atoms with Crippen LogP contribution in [0.5, 0.6) is 5.75 Å². The van der Waals surface area contributed by atoms with E-state index in [1.807, 2.05) is 16.4 Å². The molecule has 1 saturated carbocycles. The fraction of sp³-hybridized carbons (Fsp3) is 0.444. The summed E-state index contributed by atoms with van der Waals surface area (Å²) in [6.07, 6.45) is 3.29. The van der Waals surface area contributed by atoms with E-state index in [-0.39, 0.29) is 23.5 Å². The lowest BCUT2D eigenvalue weighted by Crippen LogP contribution is -2.58. The highest BCUT2D eigenvalue weighted by molar-refractivity contribution is 7.97. The van der Waals surface area contributed by atoms with Crippen LogP contribution in [-0.4, -0.2) is 64.2 Å². The lowest BCUT2D eigenvalue weighted by atomic mass is 9.96. The first-order chi connectivity index (χ1) is 18.1. The first kappa shape index (κ1) is 26.6. The number of halogens is 1. The van der Waals surface area contributed by atoms with Crippen LogP contribution in [-0.2, 0) is 11.2 Å². The molecule has 1 aromatic heterocycles. The summed E-state index contributed by atoms with van der Waals surface area (Å²) >= 11 is 1.28. The quantitative estimate of drug-likeness (QED) is 0.349. The van der Waals surface area contributed by atoms with Crippen molar-refractivity contribution >= 4 is 36.8 Å². The molecule has 2 heterocycles. The Hall–Kier alpha value is -3.05. The largest absolute Gasteiger partial charge is 0.490 e. The van der Waals surface area contributed by atoms with E-state index in [0.29, 0.717) is 35.5 Å². The van der Waals surface area contributed by atoms with E-state index in [1.54, 1.807) is 39.0 Å². The Morgan fingerprint density at radius 3 is 2.66 bits per heavy atom. The Bertz CT molecular complexity index is 1400. The molecule has 0 unspecified atom stereocenters. The second-order valence-electron chi connectivity index (χ2n) is 10.8. The Labute approximate surface area is 226 Å². The smallest absolute Gasteiger partial charge is 0.397 e. The van der Waals surface area contributed by atoms with E-state index in [1.165, 1.54) is 24.4 Å². The minimum atomic E-state index is -0.631. The van der Waals surface area contributed by atoms with Gasteiger partial charge in [-0.2, -0.15) is 5.10 Å². The summed E-state index contributed by atoms with van der Waals surface area (Å²) in [7, 11) is 5.94. The third kappa shape index (κ3) is 5.99. The summed E-state index contributed by atoms with van der Waals surface area (Å²) in [4.78, 5) is 26.1. The molecule has 3 aromatic rings. The monoisotopic (exact) mass is 536 g/mol. The van der Waals surface area contributed by atoms with E-state index < -0.39 is 11.7 Å². The van der Waals surface area contributed by atoms with Gasteiger partial charge in [-0.05, 0) is 87.9 Å². The van der Waals surface area contributed by atoms with E-state index >= 15 is 0 Å². The number of amides is 1. The predicted octanol–water partition coefficient (Wildman–Crippen LogP) is 4.60. The highest BCUT2D eigenvalue weighted by Crippen LogP contribution is 2.33. The number of ether oxygens (including phenoxy) is 2. The van der Waals surface area contributed by atoms with Crippen molar-refractivity contribution in [2.45, 2.75) is 69.1 Å². The minimum absolute atomic E-state index is 0.211. The van der Waals surface area contributed by atoms with Gasteiger partial charge in [-0.25, -0.2) is 18.6 Å². The number of aromatic nitrogens is 2. The highest BCUT2D eigenvalue weighted by atomic mass is 32.2. The van der Waals surface area contributed by atoms with E-state index in [0.717, 1.165) is 34.4 Å². The number of benzene rings is 2. The number of fused-ring (bicyclic) bond motifs is 1. The number of hydrogen-bond donors (Lipinski definition) is 1. The van der Waals surface area contributed by atoms with Gasteiger partial charge in [0.2, 0.25) is 7.98 Å². The molecule has 2 aromatic carbocycles. The van der Waals surface area contributed by atoms with Gasteiger partial charge < -0.3 is 14.3 Å². The molecule has 0 spiro atoms. The third-order valence-corrected chi connectivity index (χ3v) is 7.68. The summed E-state index contributed by atoms with van der Waals surface area (Å²) in [5.74, 6) is 0.383. The lowest BCUT2D eigenvalue weighted by Gasteiger charge is -2.43. The SMILES string of the molecule is [B]N(C(=O)OC(C)(C)C)C1CN(Sc2cc(Cc3n[nH]c(=O)c4ccc(OC5CCC5)cc34)ccc2F)C1. The Balaban J connectivity index is 1.27. The van der Waals surface area contributed by atoms with E-state index in [4.69, 9.17) is 17.5 Å². The van der Waals surface area contributed by atoms with Crippen LogP contribution in [0.25, 0.3) is 10.8 Å². The summed E-state index contributed by atoms with van der Waals surface area (Å²) in [5, 5.41) is 8.13. The second-order valence-corrected chi connectivity index (χ2v) is 11.9. The molecule has 2 aliphatic rings. The zero-order chi connectivity index (χ0) is 27.0. The van der Waals surface area contributed by atoms with Crippen molar-refractivity contribution in [1.29, 1.82) is 0 Å². The van der Waals surface area contributed by atoms with Crippen molar-refractivity contribution in [2.24, 2.45) is 0 Å². The van der Waals surface area contributed by atoms with Crippen LogP contribution < -0.4 is 10.3 Å². The molecule has 1 amide bonds. The molecule has 1 N–H and O–H groups in total. The maximum atomic E-state index is 14.7. The van der Waals surface area contributed by atoms with Gasteiger partial charge >= 0.3 is 6.09 Å². The molecule has 2 radical (unpaired) electrons. The number of nitrogens with zero attached hydrogens (tertiary/aromatic N) is 3. The van der Waals surface area contributed by atoms with Crippen LogP contribution in [0.15, 0.2) is 46.1 Å². The summed E-state index contributed by atoms with van der Waals surface area (Å²) in [6.45, 7) is 6.32. The average Bonchev–Trinajstić information content (AvgIpc) is 2.80. The standard InChI is InChI=1S/C27H30BFN4O4S/c1-27(2,3)37-26(35)33(28)17-14-32(15-17)38-24-12-16(7-10-22(24)29)11-23-21-13-19(36-18-5-4-6-18)8-9-20(21)25(34)31-30-23/h7-10,12-13,17-18H,4-6,11,14-15H2,1-3H3,(H,31,34). The zero-order valence-electron chi connectivity index (χ0n) is 21.7. The van der Waals surface area contributed by atoms with Crippen LogP contribution in [0, 0.1) is 5.82 Å². The van der Waals surface area contributed by atoms with Crippen LogP contribution >= 0.6 is 11.9 Å². The first-order valence-electron chi connectivity index (χ1n) is 12.7. The number of aromatic amines is 1. The number of hydrogen-bond acceptors (Lipinski definition) is 7. The van der Waals surface area contributed by atoms with Crippen LogP contribution in [0.3, 0.4) is 0 Å². The van der Waals surface area contributed by atoms with Crippen molar-refractivity contribution in [3.8, 4) is 5.75 Å². The van der Waals surface area contributed by atoms with Crippen molar-refractivity contribution in [3.63, 3.8) is 0 Å². The van der Waals surface area contributed by atoms with E-state index in [9.17, 15) is 14.0 Å². The molecule has 8 nitrogen and oxygen atoms in total. The van der Waals surface area contributed by atoms with Gasteiger partial charge in [0.05, 0.1) is 22.1 Å². The van der Waals surface area contributed by atoms with Crippen molar-refractivity contribution in [3.05, 3.63) is 63.8 Å². The maximum absolute atomic E-state index is 14.7. The minimum Gasteiger partial charge on any atom is -0.490 e. The van der Waals surface area contributed by atoms with Crippen LogP contribution in [0.4, 0.5) is 9.18 Å². The van der Waals surface area contributed by atoms with Crippen LogP contribution in [0.1, 0.15) is 51.3 Å². The molecule has 198 valence electrons. The first-order valence-corrected chi connectivity index (χ1v) is 13.5. The maximum Gasteiger partial charge on any atom is 0.397 e. The summed E-state index contributed by atoms with van der Waals surface area (Å²) < 4.78 is 28.0. The number of carbonyl (C=O) groups is 1. The zero-order valence-corrected chi connectivity index (χ0v) is 22.5. The number of H-pyrrole nitrogens is 1. The number of rotatable bonds is 7. The van der Waals surface area contributed by atoms with Gasteiger partial charge in [0.1, 0.15) is 17.2 Å². The highest BCUT2D eigenvalue weighted by Gasteiger charge is 2.35. The van der Waals surface area contributed by atoms with Crippen molar-refractivity contribution in [1.82, 2.24) is 19.3 Å². The van der Waals surface area contributed by atoms with Gasteiger partial charge in [0.15, 0.2) is 0 Å². The second kappa shape index (κ2) is 10.6. The molecule has 38 heavy (non-hydrogen) atoms. The van der Waals surface area contributed by atoms with Gasteiger partial charge in [-0.1, -0.05) is 6.07 Å². The molecule has 11 heteroatoms. The normalized spacial score (nSPS) is 16.6. The average molecular weight is 536 g/mol. The molecule has 2 fully saturated rings. The number of nitrogens with one attached hydrogen (secondary N) is 1. The fourth-order valence-electron chi connectivity index (χ4n) is 4.28.